The van der Waals surface area contributed by atoms with Crippen LogP contribution in [0.1, 0.15) is 52.4 Å². The van der Waals surface area contributed by atoms with Gasteiger partial charge in [-0.15, -0.1) is 0 Å². The number of rotatable bonds is 5. The van der Waals surface area contributed by atoms with E-state index in [0.29, 0.717) is 45.2 Å². The molecule has 184 valence electrons. The van der Waals surface area contributed by atoms with Crippen molar-refractivity contribution < 1.29 is 29.1 Å². The van der Waals surface area contributed by atoms with E-state index in [1.807, 2.05) is 0 Å². The second-order valence-electron chi connectivity index (χ2n) is 9.30. The van der Waals surface area contributed by atoms with E-state index in [9.17, 15) is 24.0 Å². The van der Waals surface area contributed by atoms with Gasteiger partial charge in [-0.1, -0.05) is 13.8 Å². The molecule has 5 amide bonds. The third-order valence-electron chi connectivity index (χ3n) is 6.59. The predicted octanol–water partition coefficient (Wildman–Crippen LogP) is -1.50. The average Bonchev–Trinajstić information content (AvgIpc) is 3.45. The largest absolute Gasteiger partial charge is 0.396 e. The Hall–Kier alpha value is -2.69. The van der Waals surface area contributed by atoms with Crippen molar-refractivity contribution in [3.8, 4) is 0 Å². The number of carbonyl (C=O) groups is 5. The van der Waals surface area contributed by atoms with Crippen molar-refractivity contribution in [1.29, 1.82) is 0 Å². The Bertz CT molecular complexity index is 777. The second-order valence-corrected chi connectivity index (χ2v) is 9.30. The van der Waals surface area contributed by atoms with Gasteiger partial charge < -0.3 is 30.9 Å². The van der Waals surface area contributed by atoms with Crippen molar-refractivity contribution in [1.82, 2.24) is 25.8 Å². The number of nitrogens with zero attached hydrogens (tertiary/aromatic N) is 2. The normalized spacial score (nSPS) is 29.0. The number of aliphatic hydroxyl groups excluding tert-OH is 1. The zero-order chi connectivity index (χ0) is 24.1. The van der Waals surface area contributed by atoms with Crippen molar-refractivity contribution in [3.63, 3.8) is 0 Å². The molecule has 0 spiro atoms. The number of fused-ring (bicyclic) bond motifs is 2. The molecule has 11 nitrogen and oxygen atoms in total. The Kier molecular flexibility index (Phi) is 8.28. The van der Waals surface area contributed by atoms with Gasteiger partial charge in [-0.05, 0) is 38.0 Å². The fraction of sp³-hybridized carbons (Fsp3) is 0.773. The summed E-state index contributed by atoms with van der Waals surface area (Å²) in [6.45, 7) is 4.47. The van der Waals surface area contributed by atoms with Crippen LogP contribution in [0.25, 0.3) is 0 Å². The van der Waals surface area contributed by atoms with E-state index in [-0.39, 0.29) is 37.3 Å². The Morgan fingerprint density at radius 1 is 1.03 bits per heavy atom. The molecule has 0 unspecified atom stereocenters. The van der Waals surface area contributed by atoms with Crippen LogP contribution in [0.3, 0.4) is 0 Å². The molecule has 33 heavy (non-hydrogen) atoms. The summed E-state index contributed by atoms with van der Waals surface area (Å²) in [5, 5.41) is 17.0. The van der Waals surface area contributed by atoms with E-state index in [1.165, 1.54) is 9.80 Å². The third kappa shape index (κ3) is 5.63. The van der Waals surface area contributed by atoms with E-state index in [2.05, 4.69) is 16.0 Å². The Morgan fingerprint density at radius 3 is 2.36 bits per heavy atom. The predicted molar refractivity (Wildman–Crippen MR) is 117 cm³/mol. The van der Waals surface area contributed by atoms with Gasteiger partial charge >= 0.3 is 0 Å². The lowest BCUT2D eigenvalue weighted by molar-refractivity contribution is -0.147. The number of hydrogen-bond acceptors (Lipinski definition) is 6. The lowest BCUT2D eigenvalue weighted by Gasteiger charge is -2.31. The van der Waals surface area contributed by atoms with Crippen molar-refractivity contribution in [3.05, 3.63) is 0 Å². The Morgan fingerprint density at radius 2 is 1.70 bits per heavy atom. The van der Waals surface area contributed by atoms with E-state index in [1.54, 1.807) is 13.8 Å². The molecule has 3 aliphatic heterocycles. The van der Waals surface area contributed by atoms with Crippen molar-refractivity contribution in [2.24, 2.45) is 5.92 Å². The van der Waals surface area contributed by atoms with Crippen LogP contribution < -0.4 is 16.0 Å². The molecule has 3 rings (SSSR count). The summed E-state index contributed by atoms with van der Waals surface area (Å²) in [6, 6.07) is -3.42. The molecule has 0 bridgehead atoms. The quantitative estimate of drug-likeness (QED) is 0.363. The number of amides is 5. The van der Waals surface area contributed by atoms with Gasteiger partial charge in [0.15, 0.2) is 0 Å². The minimum absolute atomic E-state index is 0.104. The monoisotopic (exact) mass is 465 g/mol. The summed E-state index contributed by atoms with van der Waals surface area (Å²) in [5.41, 5.74) is 0. The summed E-state index contributed by atoms with van der Waals surface area (Å²) in [6.07, 6.45) is 2.39. The van der Waals surface area contributed by atoms with Crippen LogP contribution in [-0.2, 0) is 24.0 Å². The van der Waals surface area contributed by atoms with Crippen LogP contribution >= 0.6 is 0 Å². The first kappa shape index (κ1) is 24.9. The SMILES string of the molecule is CC(C)[C@@H]1NC(=O)[C@@H]2CCCN2C(=O)[C@H]2CCCN2C(=O)C[C@@H](C(=O)NCCCO)NC1=O. The van der Waals surface area contributed by atoms with Crippen LogP contribution in [0.5, 0.6) is 0 Å². The van der Waals surface area contributed by atoms with E-state index < -0.39 is 41.9 Å². The highest BCUT2D eigenvalue weighted by Gasteiger charge is 2.44. The highest BCUT2D eigenvalue weighted by molar-refractivity contribution is 5.98. The van der Waals surface area contributed by atoms with Gasteiger partial charge in [0.25, 0.3) is 0 Å². The first-order valence-corrected chi connectivity index (χ1v) is 11.8. The molecule has 0 aromatic heterocycles. The molecule has 0 aliphatic carbocycles. The smallest absolute Gasteiger partial charge is 0.246 e. The number of hydrogen-bond donors (Lipinski definition) is 4. The van der Waals surface area contributed by atoms with Gasteiger partial charge in [0.2, 0.25) is 29.5 Å². The summed E-state index contributed by atoms with van der Waals surface area (Å²) in [4.78, 5) is 68.5. The molecule has 0 radical (unpaired) electrons. The third-order valence-corrected chi connectivity index (χ3v) is 6.59. The van der Waals surface area contributed by atoms with Gasteiger partial charge in [0, 0.05) is 26.2 Å². The number of aliphatic hydroxyl groups is 1. The van der Waals surface area contributed by atoms with Crippen molar-refractivity contribution in [2.75, 3.05) is 26.2 Å². The lowest BCUT2D eigenvalue weighted by atomic mass is 10.0. The molecule has 3 fully saturated rings. The van der Waals surface area contributed by atoms with Crippen molar-refractivity contribution >= 4 is 29.5 Å². The van der Waals surface area contributed by atoms with E-state index in [0.717, 1.165) is 0 Å². The highest BCUT2D eigenvalue weighted by atomic mass is 16.3. The maximum atomic E-state index is 13.3. The van der Waals surface area contributed by atoms with E-state index >= 15 is 0 Å². The molecule has 0 aromatic carbocycles. The van der Waals surface area contributed by atoms with Gasteiger partial charge in [-0.25, -0.2) is 0 Å². The standard InChI is InChI=1S/C22H35N5O6/c1-13(2)18-21(32)24-14(19(30)23-8-5-11-28)12-17(29)26-9-4-7-16(26)22(33)27-10-3-6-15(27)20(31)25-18/h13-16,18,28H,3-12H2,1-2H3,(H,23,30)(H,24,32)(H,25,31)/t14-,15-,16+,18-/m0/s1. The zero-order valence-electron chi connectivity index (χ0n) is 19.3. The summed E-state index contributed by atoms with van der Waals surface area (Å²) < 4.78 is 0. The van der Waals surface area contributed by atoms with E-state index in [4.69, 9.17) is 5.11 Å². The Balaban J connectivity index is 1.92. The molecular weight excluding hydrogens is 430 g/mol. The topological polar surface area (TPSA) is 148 Å². The number of carbonyl (C=O) groups excluding carboxylic acids is 5. The van der Waals surface area contributed by atoms with Crippen LogP contribution in [0.4, 0.5) is 0 Å². The van der Waals surface area contributed by atoms with Crippen LogP contribution in [0.2, 0.25) is 0 Å². The highest BCUT2D eigenvalue weighted by Crippen LogP contribution is 2.26. The molecule has 0 saturated carbocycles. The molecule has 3 aliphatic rings. The summed E-state index contributed by atoms with van der Waals surface area (Å²) in [7, 11) is 0. The summed E-state index contributed by atoms with van der Waals surface area (Å²) >= 11 is 0. The molecule has 0 aromatic rings. The maximum absolute atomic E-state index is 13.3. The van der Waals surface area contributed by atoms with Gasteiger partial charge in [0.1, 0.15) is 24.2 Å². The minimum Gasteiger partial charge on any atom is -0.396 e. The fourth-order valence-corrected chi connectivity index (χ4v) is 4.78. The Labute approximate surface area is 193 Å². The molecule has 3 heterocycles. The van der Waals surface area contributed by atoms with Gasteiger partial charge in [-0.2, -0.15) is 0 Å². The molecule has 4 N–H and O–H groups in total. The lowest BCUT2D eigenvalue weighted by Crippen LogP contribution is -2.58. The number of nitrogens with one attached hydrogen (secondary N) is 3. The van der Waals surface area contributed by atoms with Crippen LogP contribution in [0, 0.1) is 5.92 Å². The zero-order valence-corrected chi connectivity index (χ0v) is 19.3. The first-order chi connectivity index (χ1) is 15.7. The van der Waals surface area contributed by atoms with Crippen molar-refractivity contribution in [2.45, 2.75) is 76.5 Å². The fourth-order valence-electron chi connectivity index (χ4n) is 4.78. The van der Waals surface area contributed by atoms with Gasteiger partial charge in [-0.3, -0.25) is 24.0 Å². The maximum Gasteiger partial charge on any atom is 0.246 e. The van der Waals surface area contributed by atoms with Crippen LogP contribution in [0.15, 0.2) is 0 Å². The first-order valence-electron chi connectivity index (χ1n) is 11.8. The average molecular weight is 466 g/mol. The molecule has 3 saturated heterocycles. The molecule has 11 heteroatoms. The molecular formula is C22H35N5O6. The summed E-state index contributed by atoms with van der Waals surface area (Å²) in [5.74, 6) is -2.40. The second kappa shape index (κ2) is 11.0. The minimum atomic E-state index is -1.15. The van der Waals surface area contributed by atoms with Crippen LogP contribution in [-0.4, -0.2) is 94.9 Å². The van der Waals surface area contributed by atoms with Gasteiger partial charge in [0.05, 0.1) is 6.42 Å². The molecule has 4 atom stereocenters.